The molecule has 0 aliphatic carbocycles. The van der Waals surface area contributed by atoms with Crippen LogP contribution in [0.4, 0.5) is 0 Å². The van der Waals surface area contributed by atoms with E-state index in [4.69, 9.17) is 4.98 Å². The van der Waals surface area contributed by atoms with Gasteiger partial charge < -0.3 is 14.5 Å². The topological polar surface area (TPSA) is 47.7 Å². The van der Waals surface area contributed by atoms with E-state index in [0.29, 0.717) is 0 Å². The Morgan fingerprint density at radius 3 is 2.95 bits per heavy atom. The van der Waals surface area contributed by atoms with Crippen LogP contribution in [0.2, 0.25) is 0 Å². The quantitative estimate of drug-likeness (QED) is 0.697. The predicted octanol–water partition coefficient (Wildman–Crippen LogP) is 2.04. The number of aryl methyl sites for hydroxylation is 1. The number of hydrogen-bond donors (Lipinski definition) is 1. The zero-order chi connectivity index (χ0) is 13.8. The second kappa shape index (κ2) is 5.88. The maximum absolute atomic E-state index is 4.70. The van der Waals surface area contributed by atoms with Crippen LogP contribution in [0.5, 0.6) is 0 Å². The van der Waals surface area contributed by atoms with Crippen LogP contribution in [-0.2, 0) is 19.6 Å². The molecule has 0 bridgehead atoms. The normalized spacial score (nSPS) is 11.2. The van der Waals surface area contributed by atoms with Crippen molar-refractivity contribution in [1.82, 2.24) is 24.4 Å². The smallest absolute Gasteiger partial charge is 0.123 e. The maximum Gasteiger partial charge on any atom is 0.123 e. The monoisotopic (exact) mass is 269 g/mol. The first-order valence-corrected chi connectivity index (χ1v) is 6.99. The van der Waals surface area contributed by atoms with Crippen LogP contribution in [0.3, 0.4) is 0 Å². The van der Waals surface area contributed by atoms with Crippen LogP contribution in [0.15, 0.2) is 43.0 Å². The van der Waals surface area contributed by atoms with Gasteiger partial charge in [-0.05, 0) is 19.1 Å². The Balaban J connectivity index is 1.65. The Morgan fingerprint density at radius 2 is 2.15 bits per heavy atom. The van der Waals surface area contributed by atoms with Crippen LogP contribution in [0, 0.1) is 0 Å². The van der Waals surface area contributed by atoms with E-state index in [1.807, 2.05) is 18.6 Å². The highest BCUT2D eigenvalue weighted by molar-refractivity contribution is 5.75. The second-order valence-electron chi connectivity index (χ2n) is 4.74. The summed E-state index contributed by atoms with van der Waals surface area (Å²) in [5.74, 6) is 1.10. The van der Waals surface area contributed by atoms with E-state index in [2.05, 4.69) is 44.6 Å². The fourth-order valence-corrected chi connectivity index (χ4v) is 2.44. The molecular formula is C15H19N5. The van der Waals surface area contributed by atoms with E-state index in [9.17, 15) is 0 Å². The van der Waals surface area contributed by atoms with E-state index in [1.54, 1.807) is 6.20 Å². The van der Waals surface area contributed by atoms with Crippen LogP contribution in [0.25, 0.3) is 11.0 Å². The lowest BCUT2D eigenvalue weighted by Gasteiger charge is -2.08. The number of benzene rings is 1. The molecule has 0 atom stereocenters. The zero-order valence-electron chi connectivity index (χ0n) is 11.7. The highest BCUT2D eigenvalue weighted by Crippen LogP contribution is 2.15. The summed E-state index contributed by atoms with van der Waals surface area (Å²) in [4.78, 5) is 8.73. The minimum Gasteiger partial charge on any atom is -0.336 e. The minimum absolute atomic E-state index is 0.789. The van der Waals surface area contributed by atoms with Crippen LogP contribution in [-0.4, -0.2) is 25.6 Å². The third-order valence-corrected chi connectivity index (χ3v) is 3.44. The first-order chi connectivity index (χ1) is 9.88. The number of hydrogen-bond acceptors (Lipinski definition) is 3. The van der Waals surface area contributed by atoms with Crippen molar-refractivity contribution in [3.05, 3.63) is 48.8 Å². The third-order valence-electron chi connectivity index (χ3n) is 3.44. The molecule has 0 aliphatic rings. The fraction of sp³-hybridized carbons (Fsp3) is 0.333. The molecule has 0 saturated heterocycles. The fourth-order valence-electron chi connectivity index (χ4n) is 2.44. The largest absolute Gasteiger partial charge is 0.336 e. The van der Waals surface area contributed by atoms with Crippen molar-refractivity contribution in [3.8, 4) is 0 Å². The Hall–Kier alpha value is -2.14. The SMILES string of the molecule is CCn1c(CNCCn2ccnc2)nc2ccccc21. The van der Waals surface area contributed by atoms with Gasteiger partial charge in [-0.25, -0.2) is 9.97 Å². The van der Waals surface area contributed by atoms with E-state index in [-0.39, 0.29) is 0 Å². The summed E-state index contributed by atoms with van der Waals surface area (Å²) in [6.07, 6.45) is 5.61. The lowest BCUT2D eigenvalue weighted by molar-refractivity contribution is 0.570. The summed E-state index contributed by atoms with van der Waals surface area (Å²) in [7, 11) is 0. The van der Waals surface area contributed by atoms with E-state index < -0.39 is 0 Å². The van der Waals surface area contributed by atoms with E-state index in [1.165, 1.54) is 5.52 Å². The number of fused-ring (bicyclic) bond motifs is 1. The molecule has 3 rings (SSSR count). The molecule has 0 spiro atoms. The molecule has 0 amide bonds. The minimum atomic E-state index is 0.789. The van der Waals surface area contributed by atoms with Crippen molar-refractivity contribution in [3.63, 3.8) is 0 Å². The third kappa shape index (κ3) is 2.58. The van der Waals surface area contributed by atoms with Crippen molar-refractivity contribution in [2.45, 2.75) is 26.6 Å². The van der Waals surface area contributed by atoms with Crippen molar-refractivity contribution in [2.24, 2.45) is 0 Å². The lowest BCUT2D eigenvalue weighted by atomic mass is 10.3. The average Bonchev–Trinajstić information content (AvgIpc) is 3.10. The van der Waals surface area contributed by atoms with Gasteiger partial charge in [0.1, 0.15) is 5.82 Å². The highest BCUT2D eigenvalue weighted by atomic mass is 15.1. The molecule has 2 aromatic heterocycles. The van der Waals surface area contributed by atoms with Gasteiger partial charge in [0.2, 0.25) is 0 Å². The molecule has 0 aliphatic heterocycles. The molecule has 104 valence electrons. The molecule has 1 aromatic carbocycles. The van der Waals surface area contributed by atoms with Gasteiger partial charge in [-0.1, -0.05) is 12.1 Å². The predicted molar refractivity (Wildman–Crippen MR) is 79.3 cm³/mol. The van der Waals surface area contributed by atoms with Gasteiger partial charge in [-0.15, -0.1) is 0 Å². The molecule has 20 heavy (non-hydrogen) atoms. The number of nitrogens with one attached hydrogen (secondary N) is 1. The maximum atomic E-state index is 4.70. The highest BCUT2D eigenvalue weighted by Gasteiger charge is 2.07. The van der Waals surface area contributed by atoms with Crippen molar-refractivity contribution >= 4 is 11.0 Å². The Kier molecular flexibility index (Phi) is 3.78. The molecular weight excluding hydrogens is 250 g/mol. The Labute approximate surface area is 118 Å². The first-order valence-electron chi connectivity index (χ1n) is 6.99. The molecule has 0 radical (unpaired) electrons. The summed E-state index contributed by atoms with van der Waals surface area (Å²) in [5, 5.41) is 3.44. The standard InChI is InChI=1S/C15H19N5/c1-2-20-14-6-4-3-5-13(14)18-15(20)11-16-7-9-19-10-8-17-12-19/h3-6,8,10,12,16H,2,7,9,11H2,1H3. The van der Waals surface area contributed by atoms with Gasteiger partial charge in [0.15, 0.2) is 0 Å². The number of aromatic nitrogens is 4. The Bertz CT molecular complexity index is 669. The number of nitrogens with zero attached hydrogens (tertiary/aromatic N) is 4. The van der Waals surface area contributed by atoms with Gasteiger partial charge in [0.05, 0.1) is 23.9 Å². The molecule has 5 heteroatoms. The van der Waals surface area contributed by atoms with Gasteiger partial charge in [-0.3, -0.25) is 0 Å². The van der Waals surface area contributed by atoms with Crippen molar-refractivity contribution in [1.29, 1.82) is 0 Å². The Morgan fingerprint density at radius 1 is 1.25 bits per heavy atom. The molecule has 0 unspecified atom stereocenters. The molecule has 0 fully saturated rings. The molecule has 1 N–H and O–H groups in total. The van der Waals surface area contributed by atoms with Crippen molar-refractivity contribution < 1.29 is 0 Å². The van der Waals surface area contributed by atoms with Gasteiger partial charge >= 0.3 is 0 Å². The molecule has 5 nitrogen and oxygen atoms in total. The summed E-state index contributed by atoms with van der Waals surface area (Å²) in [6, 6.07) is 8.29. The summed E-state index contributed by atoms with van der Waals surface area (Å²) >= 11 is 0. The average molecular weight is 269 g/mol. The summed E-state index contributed by atoms with van der Waals surface area (Å²) in [5.41, 5.74) is 2.28. The zero-order valence-corrected chi connectivity index (χ0v) is 11.7. The summed E-state index contributed by atoms with van der Waals surface area (Å²) in [6.45, 7) is 5.72. The number of para-hydroxylation sites is 2. The van der Waals surface area contributed by atoms with Crippen LogP contribution < -0.4 is 5.32 Å². The number of rotatable bonds is 6. The molecule has 0 saturated carbocycles. The van der Waals surface area contributed by atoms with Crippen LogP contribution in [0.1, 0.15) is 12.7 Å². The van der Waals surface area contributed by atoms with Gasteiger partial charge in [0, 0.05) is 32.0 Å². The number of imidazole rings is 2. The van der Waals surface area contributed by atoms with Gasteiger partial charge in [0.25, 0.3) is 0 Å². The molecule has 3 aromatic rings. The van der Waals surface area contributed by atoms with Gasteiger partial charge in [-0.2, -0.15) is 0 Å². The second-order valence-corrected chi connectivity index (χ2v) is 4.74. The van der Waals surface area contributed by atoms with Crippen LogP contribution >= 0.6 is 0 Å². The lowest BCUT2D eigenvalue weighted by Crippen LogP contribution is -2.21. The first kappa shape index (κ1) is 12.9. The van der Waals surface area contributed by atoms with Crippen molar-refractivity contribution in [2.75, 3.05) is 6.54 Å². The van der Waals surface area contributed by atoms with E-state index >= 15 is 0 Å². The molecule has 2 heterocycles. The summed E-state index contributed by atoms with van der Waals surface area (Å²) < 4.78 is 4.33. The van der Waals surface area contributed by atoms with E-state index in [0.717, 1.165) is 37.5 Å².